The molecule has 0 bridgehead atoms. The molecule has 5 heteroatoms. The van der Waals surface area contributed by atoms with Crippen LogP contribution in [-0.2, 0) is 6.42 Å². The summed E-state index contributed by atoms with van der Waals surface area (Å²) >= 11 is 9.62. The summed E-state index contributed by atoms with van der Waals surface area (Å²) in [6.45, 7) is 4.16. The molecule has 0 aliphatic carbocycles. The molecule has 1 aromatic heterocycles. The average molecular weight is 341 g/mol. The molecule has 0 saturated carbocycles. The second-order valence-corrected chi connectivity index (χ2v) is 5.54. The average Bonchev–Trinajstić information content (AvgIpc) is 2.38. The van der Waals surface area contributed by atoms with E-state index in [2.05, 4.69) is 51.1 Å². The minimum atomic E-state index is 0.521. The van der Waals surface area contributed by atoms with Crippen LogP contribution in [0.25, 0.3) is 0 Å². The van der Waals surface area contributed by atoms with Gasteiger partial charge in [0.05, 0.1) is 0 Å². The van der Waals surface area contributed by atoms with Crippen molar-refractivity contribution < 1.29 is 0 Å². The molecule has 19 heavy (non-hydrogen) atoms. The monoisotopic (exact) mass is 339 g/mol. The van der Waals surface area contributed by atoms with Crippen LogP contribution in [0.1, 0.15) is 24.5 Å². The highest BCUT2D eigenvalue weighted by molar-refractivity contribution is 9.10. The summed E-state index contributed by atoms with van der Waals surface area (Å²) < 4.78 is 1.09. The van der Waals surface area contributed by atoms with E-state index in [0.717, 1.165) is 34.4 Å². The lowest BCUT2D eigenvalue weighted by Crippen LogP contribution is -2.01. The number of rotatable bonds is 4. The summed E-state index contributed by atoms with van der Waals surface area (Å²) in [4.78, 5) is 8.33. The Morgan fingerprint density at radius 2 is 2.11 bits per heavy atom. The Morgan fingerprint density at radius 1 is 1.32 bits per heavy atom. The lowest BCUT2D eigenvalue weighted by Gasteiger charge is -2.12. The van der Waals surface area contributed by atoms with Crippen LogP contribution in [0.2, 0.25) is 5.15 Å². The molecule has 1 aromatic carbocycles. The minimum absolute atomic E-state index is 0.521. The van der Waals surface area contributed by atoms with E-state index in [0.29, 0.717) is 5.15 Å². The first kappa shape index (κ1) is 14.3. The van der Waals surface area contributed by atoms with Crippen molar-refractivity contribution in [1.82, 2.24) is 9.97 Å². The zero-order chi connectivity index (χ0) is 13.8. The number of nitrogens with one attached hydrogen (secondary N) is 1. The van der Waals surface area contributed by atoms with E-state index >= 15 is 0 Å². The standard InChI is InChI=1S/C14H15BrClN3/c1-3-4-11-13(16)17-8-18-14(11)19-10-5-6-12(15)9(2)7-10/h5-8H,3-4H2,1-2H3,(H,17,18,19). The van der Waals surface area contributed by atoms with Gasteiger partial charge in [0.2, 0.25) is 0 Å². The maximum atomic E-state index is 6.13. The molecule has 2 rings (SSSR count). The smallest absolute Gasteiger partial charge is 0.138 e. The summed E-state index contributed by atoms with van der Waals surface area (Å²) in [6.07, 6.45) is 3.34. The molecule has 0 radical (unpaired) electrons. The summed E-state index contributed by atoms with van der Waals surface area (Å²) in [5.41, 5.74) is 3.13. The SMILES string of the molecule is CCCc1c(Cl)ncnc1Nc1ccc(Br)c(C)c1. The van der Waals surface area contributed by atoms with Crippen molar-refractivity contribution in [2.45, 2.75) is 26.7 Å². The van der Waals surface area contributed by atoms with Crippen LogP contribution in [0.3, 0.4) is 0 Å². The van der Waals surface area contributed by atoms with Crippen LogP contribution in [0.4, 0.5) is 11.5 Å². The Balaban J connectivity index is 2.32. The molecule has 0 atom stereocenters. The molecule has 0 fully saturated rings. The van der Waals surface area contributed by atoms with Gasteiger partial charge in [0.25, 0.3) is 0 Å². The normalized spacial score (nSPS) is 10.5. The Bertz CT molecular complexity index is 587. The molecule has 0 spiro atoms. The first-order valence-corrected chi connectivity index (χ1v) is 7.31. The quantitative estimate of drug-likeness (QED) is 0.805. The van der Waals surface area contributed by atoms with E-state index in [1.54, 1.807) is 0 Å². The van der Waals surface area contributed by atoms with Gasteiger partial charge in [0.15, 0.2) is 0 Å². The first-order valence-electron chi connectivity index (χ1n) is 6.14. The van der Waals surface area contributed by atoms with Gasteiger partial charge in [-0.15, -0.1) is 0 Å². The van der Waals surface area contributed by atoms with E-state index in [1.165, 1.54) is 11.9 Å². The van der Waals surface area contributed by atoms with Crippen LogP contribution < -0.4 is 5.32 Å². The summed E-state index contributed by atoms with van der Waals surface area (Å²) in [5.74, 6) is 0.781. The first-order chi connectivity index (χ1) is 9.11. The molecular formula is C14H15BrClN3. The Kier molecular flexibility index (Phi) is 4.77. The second kappa shape index (κ2) is 6.35. The summed E-state index contributed by atoms with van der Waals surface area (Å²) in [7, 11) is 0. The molecule has 0 unspecified atom stereocenters. The van der Waals surface area contributed by atoms with E-state index in [-0.39, 0.29) is 0 Å². The van der Waals surface area contributed by atoms with Crippen LogP contribution in [0, 0.1) is 6.92 Å². The maximum Gasteiger partial charge on any atom is 0.138 e. The number of hydrogen-bond donors (Lipinski definition) is 1. The van der Waals surface area contributed by atoms with Crippen molar-refractivity contribution in [1.29, 1.82) is 0 Å². The Morgan fingerprint density at radius 3 is 2.79 bits per heavy atom. The third kappa shape index (κ3) is 3.45. The maximum absolute atomic E-state index is 6.13. The number of aryl methyl sites for hydroxylation is 1. The topological polar surface area (TPSA) is 37.8 Å². The van der Waals surface area contributed by atoms with Gasteiger partial charge in [-0.1, -0.05) is 40.9 Å². The van der Waals surface area contributed by atoms with E-state index in [1.807, 2.05) is 12.1 Å². The predicted octanol–water partition coefficient (Wildman–Crippen LogP) is 4.90. The van der Waals surface area contributed by atoms with Crippen LogP contribution in [0.5, 0.6) is 0 Å². The van der Waals surface area contributed by atoms with E-state index in [9.17, 15) is 0 Å². The number of anilines is 2. The third-order valence-corrected chi connectivity index (χ3v) is 4.03. The molecule has 1 N–H and O–H groups in total. The predicted molar refractivity (Wildman–Crippen MR) is 83.2 cm³/mol. The molecule has 0 aliphatic rings. The van der Waals surface area contributed by atoms with Gasteiger partial charge in [0.1, 0.15) is 17.3 Å². The van der Waals surface area contributed by atoms with Crippen molar-refractivity contribution in [2.75, 3.05) is 5.32 Å². The lowest BCUT2D eigenvalue weighted by molar-refractivity contribution is 0.904. The zero-order valence-corrected chi connectivity index (χ0v) is 13.2. The van der Waals surface area contributed by atoms with Crippen molar-refractivity contribution in [2.24, 2.45) is 0 Å². The molecule has 0 amide bonds. The Hall–Kier alpha value is -1.13. The largest absolute Gasteiger partial charge is 0.340 e. The van der Waals surface area contributed by atoms with Gasteiger partial charge >= 0.3 is 0 Å². The van der Waals surface area contributed by atoms with Crippen molar-refractivity contribution in [3.63, 3.8) is 0 Å². The molecule has 0 aliphatic heterocycles. The summed E-state index contributed by atoms with van der Waals surface area (Å²) in [6, 6.07) is 6.08. The van der Waals surface area contributed by atoms with Gasteiger partial charge in [0, 0.05) is 15.7 Å². The van der Waals surface area contributed by atoms with Gasteiger partial charge in [-0.25, -0.2) is 9.97 Å². The van der Waals surface area contributed by atoms with E-state index < -0.39 is 0 Å². The highest BCUT2D eigenvalue weighted by Gasteiger charge is 2.09. The lowest BCUT2D eigenvalue weighted by atomic mass is 10.1. The van der Waals surface area contributed by atoms with Crippen LogP contribution in [0.15, 0.2) is 29.0 Å². The molecule has 3 nitrogen and oxygen atoms in total. The second-order valence-electron chi connectivity index (χ2n) is 4.33. The fourth-order valence-electron chi connectivity index (χ4n) is 1.83. The van der Waals surface area contributed by atoms with Crippen molar-refractivity contribution >= 4 is 39.0 Å². The highest BCUT2D eigenvalue weighted by atomic mass is 79.9. The fraction of sp³-hybridized carbons (Fsp3) is 0.286. The molecule has 2 aromatic rings. The van der Waals surface area contributed by atoms with Crippen molar-refractivity contribution in [3.8, 4) is 0 Å². The molecule has 100 valence electrons. The molecule has 1 heterocycles. The number of hydrogen-bond acceptors (Lipinski definition) is 3. The number of nitrogens with zero attached hydrogens (tertiary/aromatic N) is 2. The van der Waals surface area contributed by atoms with Gasteiger partial charge < -0.3 is 5.32 Å². The van der Waals surface area contributed by atoms with Crippen LogP contribution in [-0.4, -0.2) is 9.97 Å². The number of aromatic nitrogens is 2. The van der Waals surface area contributed by atoms with Crippen LogP contribution >= 0.6 is 27.5 Å². The highest BCUT2D eigenvalue weighted by Crippen LogP contribution is 2.26. The molecule has 0 saturated heterocycles. The zero-order valence-electron chi connectivity index (χ0n) is 10.9. The van der Waals surface area contributed by atoms with Gasteiger partial charge in [-0.2, -0.15) is 0 Å². The van der Waals surface area contributed by atoms with E-state index in [4.69, 9.17) is 11.6 Å². The fourth-order valence-corrected chi connectivity index (χ4v) is 2.30. The van der Waals surface area contributed by atoms with Crippen molar-refractivity contribution in [3.05, 3.63) is 45.3 Å². The Labute approximate surface area is 126 Å². The molecular weight excluding hydrogens is 326 g/mol. The van der Waals surface area contributed by atoms with Gasteiger partial charge in [-0.3, -0.25) is 0 Å². The summed E-state index contributed by atoms with van der Waals surface area (Å²) in [5, 5.41) is 3.83. The minimum Gasteiger partial charge on any atom is -0.340 e. The van der Waals surface area contributed by atoms with Gasteiger partial charge in [-0.05, 0) is 37.1 Å². The number of benzene rings is 1. The third-order valence-electron chi connectivity index (χ3n) is 2.81. The number of halogens is 2.